The van der Waals surface area contributed by atoms with E-state index in [-0.39, 0.29) is 24.8 Å². The van der Waals surface area contributed by atoms with Gasteiger partial charge >= 0.3 is 0 Å². The van der Waals surface area contributed by atoms with Gasteiger partial charge in [0.1, 0.15) is 5.75 Å². The zero-order valence-corrected chi connectivity index (χ0v) is 13.3. The highest BCUT2D eigenvalue weighted by atomic mass is 32.1. The van der Waals surface area contributed by atoms with Crippen LogP contribution in [-0.2, 0) is 28.9 Å². The summed E-state index contributed by atoms with van der Waals surface area (Å²) in [5.41, 5.74) is 7.05. The largest absolute Gasteiger partial charge is 0.484 e. The molecule has 0 atom stereocenters. The Balaban J connectivity index is 1.49. The first-order valence-electron chi connectivity index (χ1n) is 7.38. The molecule has 1 aliphatic rings. The summed E-state index contributed by atoms with van der Waals surface area (Å²) in [4.78, 5) is 28.4. The van der Waals surface area contributed by atoms with E-state index in [1.54, 1.807) is 24.3 Å². The fourth-order valence-corrected chi connectivity index (χ4v) is 3.52. The van der Waals surface area contributed by atoms with Crippen LogP contribution in [0.4, 0.5) is 5.13 Å². The SMILES string of the molecule is NC(=O)Cc1ccc(OCC(=O)Nc2nc3c(s2)CCC3)cc1. The number of fused-ring (bicyclic) bond motifs is 1. The number of nitrogens with zero attached hydrogens (tertiary/aromatic N) is 1. The maximum Gasteiger partial charge on any atom is 0.264 e. The second kappa shape index (κ2) is 6.78. The molecule has 3 N–H and O–H groups in total. The predicted molar refractivity (Wildman–Crippen MR) is 87.6 cm³/mol. The fourth-order valence-electron chi connectivity index (χ4n) is 2.45. The van der Waals surface area contributed by atoms with Crippen LogP contribution in [0.15, 0.2) is 24.3 Å². The number of benzene rings is 1. The summed E-state index contributed by atoms with van der Waals surface area (Å²) >= 11 is 1.54. The van der Waals surface area contributed by atoms with Gasteiger partial charge in [-0.1, -0.05) is 12.1 Å². The zero-order valence-electron chi connectivity index (χ0n) is 12.5. The van der Waals surface area contributed by atoms with E-state index < -0.39 is 0 Å². The van der Waals surface area contributed by atoms with Gasteiger partial charge in [-0.3, -0.25) is 14.9 Å². The van der Waals surface area contributed by atoms with Gasteiger partial charge in [0.05, 0.1) is 12.1 Å². The molecule has 0 spiro atoms. The van der Waals surface area contributed by atoms with Crippen molar-refractivity contribution in [1.82, 2.24) is 4.98 Å². The van der Waals surface area contributed by atoms with Crippen molar-refractivity contribution in [3.05, 3.63) is 40.4 Å². The normalized spacial score (nSPS) is 12.7. The van der Waals surface area contributed by atoms with Crippen molar-refractivity contribution in [3.8, 4) is 5.75 Å². The summed E-state index contributed by atoms with van der Waals surface area (Å²) in [6, 6.07) is 6.93. The third-order valence-electron chi connectivity index (χ3n) is 3.51. The van der Waals surface area contributed by atoms with Crippen molar-refractivity contribution >= 4 is 28.3 Å². The number of rotatable bonds is 6. The molecule has 3 rings (SSSR count). The van der Waals surface area contributed by atoms with Crippen molar-refractivity contribution in [2.24, 2.45) is 5.73 Å². The van der Waals surface area contributed by atoms with Crippen LogP contribution in [0.1, 0.15) is 22.6 Å². The summed E-state index contributed by atoms with van der Waals surface area (Å²) in [5.74, 6) is -0.0537. The second-order valence-electron chi connectivity index (χ2n) is 5.37. The lowest BCUT2D eigenvalue weighted by molar-refractivity contribution is -0.118. The molecule has 120 valence electrons. The molecule has 1 aliphatic carbocycles. The minimum atomic E-state index is -0.381. The van der Waals surface area contributed by atoms with Gasteiger partial charge in [0.15, 0.2) is 11.7 Å². The van der Waals surface area contributed by atoms with Crippen LogP contribution in [0, 0.1) is 0 Å². The van der Waals surface area contributed by atoms with Crippen LogP contribution in [0.5, 0.6) is 5.75 Å². The van der Waals surface area contributed by atoms with Gasteiger partial charge in [0.25, 0.3) is 5.91 Å². The Labute approximate surface area is 137 Å². The minimum Gasteiger partial charge on any atom is -0.484 e. The summed E-state index contributed by atoms with van der Waals surface area (Å²) < 4.78 is 5.43. The number of thiazole rings is 1. The molecule has 0 unspecified atom stereocenters. The summed E-state index contributed by atoms with van der Waals surface area (Å²) in [7, 11) is 0. The average Bonchev–Trinajstić information content (AvgIpc) is 3.07. The maximum atomic E-state index is 11.9. The predicted octanol–water partition coefficient (Wildman–Crippen LogP) is 1.68. The summed E-state index contributed by atoms with van der Waals surface area (Å²) in [6.07, 6.45) is 3.39. The molecule has 6 nitrogen and oxygen atoms in total. The number of primary amides is 1. The number of aromatic nitrogens is 1. The Hall–Kier alpha value is -2.41. The Bertz CT molecular complexity index is 703. The first kappa shape index (κ1) is 15.5. The highest BCUT2D eigenvalue weighted by Gasteiger charge is 2.17. The zero-order chi connectivity index (χ0) is 16.2. The quantitative estimate of drug-likeness (QED) is 0.842. The number of ether oxygens (including phenoxy) is 1. The van der Waals surface area contributed by atoms with E-state index in [9.17, 15) is 9.59 Å². The molecule has 23 heavy (non-hydrogen) atoms. The van der Waals surface area contributed by atoms with Gasteiger partial charge in [-0.15, -0.1) is 11.3 Å². The van der Waals surface area contributed by atoms with Gasteiger partial charge < -0.3 is 10.5 Å². The molecular weight excluding hydrogens is 314 g/mol. The van der Waals surface area contributed by atoms with E-state index in [0.717, 1.165) is 30.5 Å². The average molecular weight is 331 g/mol. The molecule has 0 saturated heterocycles. The third kappa shape index (κ3) is 4.07. The van der Waals surface area contributed by atoms with Crippen LogP contribution >= 0.6 is 11.3 Å². The monoisotopic (exact) mass is 331 g/mol. The topological polar surface area (TPSA) is 94.3 Å². The fraction of sp³-hybridized carbons (Fsp3) is 0.312. The third-order valence-corrected chi connectivity index (χ3v) is 4.59. The van der Waals surface area contributed by atoms with Gasteiger partial charge in [-0.2, -0.15) is 0 Å². The van der Waals surface area contributed by atoms with E-state index in [2.05, 4.69) is 10.3 Å². The Morgan fingerprint density at radius 3 is 2.74 bits per heavy atom. The number of hydrogen-bond donors (Lipinski definition) is 2. The van der Waals surface area contributed by atoms with E-state index in [1.165, 1.54) is 16.2 Å². The molecule has 0 bridgehead atoms. The molecule has 2 aromatic rings. The van der Waals surface area contributed by atoms with Crippen molar-refractivity contribution < 1.29 is 14.3 Å². The van der Waals surface area contributed by atoms with Crippen molar-refractivity contribution in [2.75, 3.05) is 11.9 Å². The van der Waals surface area contributed by atoms with E-state index in [1.807, 2.05) is 0 Å². The van der Waals surface area contributed by atoms with Crippen molar-refractivity contribution in [3.63, 3.8) is 0 Å². The smallest absolute Gasteiger partial charge is 0.264 e. The van der Waals surface area contributed by atoms with Crippen molar-refractivity contribution in [1.29, 1.82) is 0 Å². The lowest BCUT2D eigenvalue weighted by Gasteiger charge is -2.06. The van der Waals surface area contributed by atoms with E-state index in [4.69, 9.17) is 10.5 Å². The number of carbonyl (C=O) groups is 2. The van der Waals surface area contributed by atoms with Gasteiger partial charge in [-0.25, -0.2) is 4.98 Å². The van der Waals surface area contributed by atoms with Gasteiger partial charge in [0, 0.05) is 4.88 Å². The minimum absolute atomic E-state index is 0.0839. The van der Waals surface area contributed by atoms with Crippen LogP contribution in [0.25, 0.3) is 0 Å². The second-order valence-corrected chi connectivity index (χ2v) is 6.45. The summed E-state index contributed by atoms with van der Waals surface area (Å²) in [6.45, 7) is -0.0839. The molecule has 0 radical (unpaired) electrons. The van der Waals surface area contributed by atoms with Crippen molar-refractivity contribution in [2.45, 2.75) is 25.7 Å². The Morgan fingerprint density at radius 2 is 2.04 bits per heavy atom. The number of carbonyl (C=O) groups excluding carboxylic acids is 2. The Kier molecular flexibility index (Phi) is 4.57. The van der Waals surface area contributed by atoms with Crippen LogP contribution in [0.3, 0.4) is 0 Å². The molecule has 1 aromatic heterocycles. The molecule has 1 heterocycles. The number of nitrogens with one attached hydrogen (secondary N) is 1. The van der Waals surface area contributed by atoms with Gasteiger partial charge in [0.2, 0.25) is 5.91 Å². The van der Waals surface area contributed by atoms with Gasteiger partial charge in [-0.05, 0) is 37.0 Å². The Morgan fingerprint density at radius 1 is 1.26 bits per heavy atom. The van der Waals surface area contributed by atoms with E-state index >= 15 is 0 Å². The number of nitrogens with two attached hydrogens (primary N) is 1. The lowest BCUT2D eigenvalue weighted by atomic mass is 10.1. The first-order valence-corrected chi connectivity index (χ1v) is 8.20. The standard InChI is InChI=1S/C16H17N3O3S/c17-14(20)8-10-4-6-11(7-5-10)22-9-15(21)19-16-18-12-2-1-3-13(12)23-16/h4-7H,1-3,8-9H2,(H2,17,20)(H,18,19,21). The highest BCUT2D eigenvalue weighted by molar-refractivity contribution is 7.15. The van der Waals surface area contributed by atoms with Crippen LogP contribution in [0.2, 0.25) is 0 Å². The first-order chi connectivity index (χ1) is 11.1. The molecule has 0 fully saturated rings. The molecule has 2 amide bonds. The number of anilines is 1. The maximum absolute atomic E-state index is 11.9. The highest BCUT2D eigenvalue weighted by Crippen LogP contribution is 2.30. The molecule has 0 saturated carbocycles. The number of aryl methyl sites for hydroxylation is 2. The molecule has 0 aliphatic heterocycles. The molecule has 1 aromatic carbocycles. The lowest BCUT2D eigenvalue weighted by Crippen LogP contribution is -2.20. The van der Waals surface area contributed by atoms with Crippen LogP contribution in [-0.4, -0.2) is 23.4 Å². The molecular formula is C16H17N3O3S. The number of amides is 2. The van der Waals surface area contributed by atoms with E-state index in [0.29, 0.717) is 10.9 Å². The number of hydrogen-bond acceptors (Lipinski definition) is 5. The summed E-state index contributed by atoms with van der Waals surface area (Å²) in [5, 5.41) is 3.40. The van der Waals surface area contributed by atoms with Crippen LogP contribution < -0.4 is 15.8 Å². The molecule has 7 heteroatoms.